The predicted molar refractivity (Wildman–Crippen MR) is 56.7 cm³/mol. The lowest BCUT2D eigenvalue weighted by Crippen LogP contribution is -2.18. The van der Waals surface area contributed by atoms with E-state index in [0.29, 0.717) is 5.92 Å². The molecule has 1 fully saturated rings. The van der Waals surface area contributed by atoms with Gasteiger partial charge in [0.15, 0.2) is 0 Å². The Bertz CT molecular complexity index is 127. The molecular formula is C12H24O. The molecule has 1 heteroatoms. The van der Waals surface area contributed by atoms with Crippen LogP contribution >= 0.6 is 0 Å². The van der Waals surface area contributed by atoms with Crippen molar-refractivity contribution in [1.29, 1.82) is 0 Å². The minimum absolute atomic E-state index is 0.00324. The van der Waals surface area contributed by atoms with Crippen molar-refractivity contribution in [2.75, 3.05) is 0 Å². The van der Waals surface area contributed by atoms with Gasteiger partial charge >= 0.3 is 0 Å². The van der Waals surface area contributed by atoms with E-state index in [1.54, 1.807) is 0 Å². The van der Waals surface area contributed by atoms with Crippen LogP contribution in [0.25, 0.3) is 0 Å². The average molecular weight is 184 g/mol. The first-order chi connectivity index (χ1) is 6.24. The lowest BCUT2D eigenvalue weighted by molar-refractivity contribution is 0.0950. The van der Waals surface area contributed by atoms with Crippen LogP contribution < -0.4 is 0 Å². The van der Waals surface area contributed by atoms with E-state index < -0.39 is 0 Å². The molecule has 1 aliphatic carbocycles. The highest BCUT2D eigenvalue weighted by Gasteiger charge is 2.22. The fraction of sp³-hybridized carbons (Fsp3) is 1.00. The van der Waals surface area contributed by atoms with Gasteiger partial charge in [-0.25, -0.2) is 0 Å². The molecule has 1 rings (SSSR count). The predicted octanol–water partition coefficient (Wildman–Crippen LogP) is 3.36. The first-order valence-corrected chi connectivity index (χ1v) is 5.92. The average Bonchev–Trinajstić information content (AvgIpc) is 2.66. The van der Waals surface area contributed by atoms with Gasteiger partial charge < -0.3 is 5.11 Å². The summed E-state index contributed by atoms with van der Waals surface area (Å²) in [5, 5.41) is 9.89. The summed E-state index contributed by atoms with van der Waals surface area (Å²) in [5.41, 5.74) is 0. The fourth-order valence-electron chi connectivity index (χ4n) is 2.24. The maximum atomic E-state index is 9.89. The maximum Gasteiger partial charge on any atom is 0.0568 e. The number of hydrogen-bond acceptors (Lipinski definition) is 1. The highest BCUT2D eigenvalue weighted by molar-refractivity contribution is 4.74. The Kier molecular flexibility index (Phi) is 4.79. The lowest BCUT2D eigenvalue weighted by atomic mass is 9.93. The first-order valence-electron chi connectivity index (χ1n) is 5.92. The summed E-state index contributed by atoms with van der Waals surface area (Å²) in [4.78, 5) is 0. The van der Waals surface area contributed by atoms with Gasteiger partial charge in [-0.1, -0.05) is 33.1 Å². The van der Waals surface area contributed by atoms with Crippen molar-refractivity contribution in [3.8, 4) is 0 Å². The fourth-order valence-corrected chi connectivity index (χ4v) is 2.24. The smallest absolute Gasteiger partial charge is 0.0568 e. The van der Waals surface area contributed by atoms with E-state index in [0.717, 1.165) is 12.3 Å². The zero-order valence-electron chi connectivity index (χ0n) is 9.13. The van der Waals surface area contributed by atoms with Crippen molar-refractivity contribution < 1.29 is 5.11 Å². The molecule has 78 valence electrons. The summed E-state index contributed by atoms with van der Waals surface area (Å²) in [5.74, 6) is 1.42. The van der Waals surface area contributed by atoms with Gasteiger partial charge in [0, 0.05) is 0 Å². The van der Waals surface area contributed by atoms with E-state index in [1.807, 2.05) is 0 Å². The topological polar surface area (TPSA) is 20.2 Å². The van der Waals surface area contributed by atoms with Crippen molar-refractivity contribution in [3.05, 3.63) is 0 Å². The highest BCUT2D eigenvalue weighted by atomic mass is 16.3. The van der Waals surface area contributed by atoms with E-state index in [2.05, 4.69) is 13.8 Å². The number of hydrogen-bond donors (Lipinski definition) is 1. The molecule has 1 N–H and O–H groups in total. The molecule has 1 nitrogen and oxygen atoms in total. The Morgan fingerprint density at radius 3 is 2.38 bits per heavy atom. The Morgan fingerprint density at radius 2 is 1.85 bits per heavy atom. The minimum atomic E-state index is -0.00324. The monoisotopic (exact) mass is 184 g/mol. The molecule has 0 heterocycles. The Balaban J connectivity index is 2.12. The molecule has 0 saturated heterocycles. The lowest BCUT2D eigenvalue weighted by Gasteiger charge is -2.19. The molecule has 2 atom stereocenters. The molecular weight excluding hydrogens is 160 g/mol. The summed E-state index contributed by atoms with van der Waals surface area (Å²) in [6.07, 6.45) is 8.68. The van der Waals surface area contributed by atoms with E-state index in [9.17, 15) is 5.11 Å². The third-order valence-electron chi connectivity index (χ3n) is 3.60. The summed E-state index contributed by atoms with van der Waals surface area (Å²) in [7, 11) is 0. The molecule has 0 bridgehead atoms. The number of aliphatic hydroxyl groups is 1. The van der Waals surface area contributed by atoms with Crippen LogP contribution in [0.15, 0.2) is 0 Å². The molecule has 0 aromatic rings. The Hall–Kier alpha value is -0.0400. The standard InChI is InChI=1S/C12H24O/c1-3-10(2)8-9-12(13)11-6-4-5-7-11/h10-13H,3-9H2,1-2H3. The SMILES string of the molecule is CCC(C)CCC(O)C1CCCC1. The summed E-state index contributed by atoms with van der Waals surface area (Å²) in [6.45, 7) is 4.51. The second-order valence-corrected chi connectivity index (χ2v) is 4.70. The minimum Gasteiger partial charge on any atom is -0.393 e. The normalized spacial score (nSPS) is 23.3. The molecule has 1 aliphatic rings. The maximum absolute atomic E-state index is 9.89. The van der Waals surface area contributed by atoms with E-state index in [1.165, 1.54) is 38.5 Å². The molecule has 0 radical (unpaired) electrons. The third kappa shape index (κ3) is 3.68. The molecule has 0 aliphatic heterocycles. The van der Waals surface area contributed by atoms with Crippen LogP contribution in [-0.2, 0) is 0 Å². The molecule has 0 spiro atoms. The van der Waals surface area contributed by atoms with Crippen molar-refractivity contribution in [2.45, 2.75) is 64.9 Å². The van der Waals surface area contributed by atoms with Crippen molar-refractivity contribution in [3.63, 3.8) is 0 Å². The van der Waals surface area contributed by atoms with Gasteiger partial charge in [-0.05, 0) is 37.5 Å². The largest absolute Gasteiger partial charge is 0.393 e. The van der Waals surface area contributed by atoms with Crippen LogP contribution in [0.2, 0.25) is 0 Å². The van der Waals surface area contributed by atoms with Crippen molar-refractivity contribution in [2.24, 2.45) is 11.8 Å². The molecule has 0 aromatic carbocycles. The van der Waals surface area contributed by atoms with Crippen LogP contribution in [0.5, 0.6) is 0 Å². The second-order valence-electron chi connectivity index (χ2n) is 4.70. The van der Waals surface area contributed by atoms with Crippen LogP contribution in [-0.4, -0.2) is 11.2 Å². The first kappa shape index (κ1) is 11.0. The van der Waals surface area contributed by atoms with Crippen LogP contribution in [0, 0.1) is 11.8 Å². The van der Waals surface area contributed by atoms with E-state index in [-0.39, 0.29) is 6.10 Å². The molecule has 1 saturated carbocycles. The Labute approximate surface area is 82.5 Å². The van der Waals surface area contributed by atoms with Crippen LogP contribution in [0.4, 0.5) is 0 Å². The van der Waals surface area contributed by atoms with Crippen molar-refractivity contribution in [1.82, 2.24) is 0 Å². The summed E-state index contributed by atoms with van der Waals surface area (Å²) < 4.78 is 0. The highest BCUT2D eigenvalue weighted by Crippen LogP contribution is 2.30. The van der Waals surface area contributed by atoms with Gasteiger partial charge in [0.2, 0.25) is 0 Å². The van der Waals surface area contributed by atoms with Gasteiger partial charge in [-0.2, -0.15) is 0 Å². The quantitative estimate of drug-likeness (QED) is 0.694. The van der Waals surface area contributed by atoms with E-state index in [4.69, 9.17) is 0 Å². The molecule has 0 aromatic heterocycles. The number of rotatable bonds is 5. The van der Waals surface area contributed by atoms with Gasteiger partial charge in [0.05, 0.1) is 6.10 Å². The molecule has 2 unspecified atom stereocenters. The Morgan fingerprint density at radius 1 is 1.23 bits per heavy atom. The summed E-state index contributed by atoms with van der Waals surface area (Å²) in [6, 6.07) is 0. The third-order valence-corrected chi connectivity index (χ3v) is 3.60. The zero-order valence-corrected chi connectivity index (χ0v) is 9.13. The van der Waals surface area contributed by atoms with E-state index >= 15 is 0 Å². The summed E-state index contributed by atoms with van der Waals surface area (Å²) >= 11 is 0. The second kappa shape index (κ2) is 5.64. The van der Waals surface area contributed by atoms with Gasteiger partial charge in [-0.3, -0.25) is 0 Å². The number of aliphatic hydroxyl groups excluding tert-OH is 1. The van der Waals surface area contributed by atoms with Crippen LogP contribution in [0.1, 0.15) is 58.8 Å². The van der Waals surface area contributed by atoms with Gasteiger partial charge in [0.25, 0.3) is 0 Å². The molecule has 13 heavy (non-hydrogen) atoms. The zero-order chi connectivity index (χ0) is 9.68. The van der Waals surface area contributed by atoms with Crippen molar-refractivity contribution >= 4 is 0 Å². The van der Waals surface area contributed by atoms with Crippen LogP contribution in [0.3, 0.4) is 0 Å². The molecule has 0 amide bonds. The van der Waals surface area contributed by atoms with Gasteiger partial charge in [-0.15, -0.1) is 0 Å². The van der Waals surface area contributed by atoms with Gasteiger partial charge in [0.1, 0.15) is 0 Å².